The highest BCUT2D eigenvalue weighted by atomic mass is 16.5. The minimum atomic E-state index is 0.697. The zero-order valence-corrected chi connectivity index (χ0v) is 9.33. The molecule has 1 aromatic carbocycles. The van der Waals surface area contributed by atoms with Crippen molar-refractivity contribution in [2.45, 2.75) is 31.8 Å². The molecule has 1 aliphatic carbocycles. The van der Waals surface area contributed by atoms with E-state index in [0.717, 1.165) is 18.9 Å². The molecule has 0 aromatic heterocycles. The van der Waals surface area contributed by atoms with Gasteiger partial charge in [0.15, 0.2) is 0 Å². The van der Waals surface area contributed by atoms with Crippen LogP contribution in [0.4, 0.5) is 0 Å². The van der Waals surface area contributed by atoms with Crippen LogP contribution < -0.4 is 5.73 Å². The van der Waals surface area contributed by atoms with Gasteiger partial charge in [0.1, 0.15) is 0 Å². The molecule has 2 heteroatoms. The Hall–Kier alpha value is -0.860. The number of ether oxygens (including phenoxy) is 1. The molecule has 1 aromatic rings. The Morgan fingerprint density at radius 3 is 2.80 bits per heavy atom. The second-order valence-corrected chi connectivity index (χ2v) is 4.28. The van der Waals surface area contributed by atoms with Crippen molar-refractivity contribution in [3.63, 3.8) is 0 Å². The van der Waals surface area contributed by atoms with E-state index >= 15 is 0 Å². The van der Waals surface area contributed by atoms with E-state index < -0.39 is 0 Å². The molecule has 0 saturated heterocycles. The average molecular weight is 205 g/mol. The third kappa shape index (κ3) is 2.58. The van der Waals surface area contributed by atoms with Crippen molar-refractivity contribution in [1.29, 1.82) is 0 Å². The van der Waals surface area contributed by atoms with E-state index in [1.54, 1.807) is 7.11 Å². The highest BCUT2D eigenvalue weighted by Crippen LogP contribution is 2.41. The first-order valence-corrected chi connectivity index (χ1v) is 5.66. The summed E-state index contributed by atoms with van der Waals surface area (Å²) in [5.41, 5.74) is 9.84. The van der Waals surface area contributed by atoms with Gasteiger partial charge < -0.3 is 10.5 Å². The van der Waals surface area contributed by atoms with Crippen molar-refractivity contribution in [2.75, 3.05) is 13.7 Å². The molecule has 1 aliphatic rings. The second-order valence-electron chi connectivity index (χ2n) is 4.28. The first kappa shape index (κ1) is 10.7. The van der Waals surface area contributed by atoms with Crippen LogP contribution in [0.1, 0.15) is 35.4 Å². The van der Waals surface area contributed by atoms with Crippen molar-refractivity contribution >= 4 is 0 Å². The molecule has 2 nitrogen and oxygen atoms in total. The summed E-state index contributed by atoms with van der Waals surface area (Å²) in [5, 5.41) is 0. The van der Waals surface area contributed by atoms with Gasteiger partial charge in [0.2, 0.25) is 0 Å². The first-order chi connectivity index (χ1) is 7.35. The van der Waals surface area contributed by atoms with E-state index in [4.69, 9.17) is 10.5 Å². The van der Waals surface area contributed by atoms with Crippen LogP contribution in [0.5, 0.6) is 0 Å². The number of hydrogen-bond acceptors (Lipinski definition) is 2. The molecule has 0 bridgehead atoms. The minimum Gasteiger partial charge on any atom is -0.380 e. The summed E-state index contributed by atoms with van der Waals surface area (Å²) in [6.07, 6.45) is 3.69. The van der Waals surface area contributed by atoms with Gasteiger partial charge >= 0.3 is 0 Å². The van der Waals surface area contributed by atoms with Crippen LogP contribution in [0, 0.1) is 0 Å². The third-order valence-electron chi connectivity index (χ3n) is 2.95. The van der Waals surface area contributed by atoms with Crippen LogP contribution in [0.25, 0.3) is 0 Å². The molecule has 15 heavy (non-hydrogen) atoms. The fourth-order valence-corrected chi connectivity index (χ4v) is 2.08. The van der Waals surface area contributed by atoms with Gasteiger partial charge in [-0.25, -0.2) is 0 Å². The van der Waals surface area contributed by atoms with Crippen LogP contribution in [-0.4, -0.2) is 13.7 Å². The molecule has 2 N–H and O–H groups in total. The molecule has 1 fully saturated rings. The summed E-state index contributed by atoms with van der Waals surface area (Å²) >= 11 is 0. The zero-order chi connectivity index (χ0) is 10.7. The molecule has 82 valence electrons. The lowest BCUT2D eigenvalue weighted by atomic mass is 9.98. The number of benzene rings is 1. The summed E-state index contributed by atoms with van der Waals surface area (Å²) in [6.45, 7) is 1.43. The lowest BCUT2D eigenvalue weighted by Crippen LogP contribution is -2.06. The van der Waals surface area contributed by atoms with Crippen LogP contribution in [-0.2, 0) is 17.8 Å². The van der Waals surface area contributed by atoms with Crippen LogP contribution in [0.2, 0.25) is 0 Å². The molecule has 0 unspecified atom stereocenters. The lowest BCUT2D eigenvalue weighted by Gasteiger charge is -2.10. The predicted molar refractivity (Wildman–Crippen MR) is 61.9 cm³/mol. The maximum Gasteiger partial charge on any atom is 0.0713 e. The summed E-state index contributed by atoms with van der Waals surface area (Å²) in [6, 6.07) is 6.69. The molecular formula is C13H19NO. The second kappa shape index (κ2) is 4.77. The molecule has 0 aliphatic heterocycles. The molecule has 2 rings (SSSR count). The Bertz CT molecular complexity index is 331. The van der Waals surface area contributed by atoms with Gasteiger partial charge in [0.25, 0.3) is 0 Å². The highest BCUT2D eigenvalue weighted by Gasteiger charge is 2.25. The number of hydrogen-bond donors (Lipinski definition) is 1. The van der Waals surface area contributed by atoms with Gasteiger partial charge in [-0.05, 0) is 48.4 Å². The summed E-state index contributed by atoms with van der Waals surface area (Å²) in [4.78, 5) is 0. The number of rotatable bonds is 5. The summed E-state index contributed by atoms with van der Waals surface area (Å²) in [7, 11) is 1.73. The number of nitrogens with two attached hydrogens (primary N) is 1. The van der Waals surface area contributed by atoms with Crippen LogP contribution in [0.3, 0.4) is 0 Å². The fraction of sp³-hybridized carbons (Fsp3) is 0.538. The van der Waals surface area contributed by atoms with E-state index in [9.17, 15) is 0 Å². The van der Waals surface area contributed by atoms with Crippen molar-refractivity contribution in [3.8, 4) is 0 Å². The SMILES string of the molecule is COCc1ccc(C2CC2)c(CCN)c1. The van der Waals surface area contributed by atoms with Gasteiger partial charge in [0, 0.05) is 7.11 Å². The lowest BCUT2D eigenvalue weighted by molar-refractivity contribution is 0.185. The van der Waals surface area contributed by atoms with E-state index in [1.165, 1.54) is 29.5 Å². The Morgan fingerprint density at radius 2 is 2.20 bits per heavy atom. The largest absolute Gasteiger partial charge is 0.380 e. The predicted octanol–water partition coefficient (Wildman–Crippen LogP) is 2.21. The van der Waals surface area contributed by atoms with E-state index in [1.807, 2.05) is 0 Å². The maximum atomic E-state index is 5.64. The quantitative estimate of drug-likeness (QED) is 0.800. The van der Waals surface area contributed by atoms with Gasteiger partial charge in [-0.3, -0.25) is 0 Å². The Morgan fingerprint density at radius 1 is 1.40 bits per heavy atom. The first-order valence-electron chi connectivity index (χ1n) is 5.66. The smallest absolute Gasteiger partial charge is 0.0713 e. The van der Waals surface area contributed by atoms with Gasteiger partial charge in [-0.15, -0.1) is 0 Å². The molecule has 0 atom stereocenters. The highest BCUT2D eigenvalue weighted by molar-refractivity contribution is 5.37. The molecule has 0 heterocycles. The van der Waals surface area contributed by atoms with Gasteiger partial charge in [-0.2, -0.15) is 0 Å². The monoisotopic (exact) mass is 205 g/mol. The standard InChI is InChI=1S/C13H19NO/c1-15-9-10-2-5-13(11-3-4-11)12(8-10)6-7-14/h2,5,8,11H,3-4,6-7,9,14H2,1H3. The molecule has 0 amide bonds. The van der Waals surface area contributed by atoms with E-state index in [2.05, 4.69) is 18.2 Å². The van der Waals surface area contributed by atoms with Crippen molar-refractivity contribution in [3.05, 3.63) is 34.9 Å². The Balaban J connectivity index is 2.22. The van der Waals surface area contributed by atoms with Gasteiger partial charge in [-0.1, -0.05) is 18.2 Å². The minimum absolute atomic E-state index is 0.697. The Kier molecular flexibility index (Phi) is 3.39. The van der Waals surface area contributed by atoms with Gasteiger partial charge in [0.05, 0.1) is 6.61 Å². The molecule has 1 saturated carbocycles. The van der Waals surface area contributed by atoms with Crippen LogP contribution >= 0.6 is 0 Å². The summed E-state index contributed by atoms with van der Waals surface area (Å²) in [5.74, 6) is 0.808. The average Bonchev–Trinajstić information content (AvgIpc) is 3.03. The zero-order valence-electron chi connectivity index (χ0n) is 9.33. The fourth-order valence-electron chi connectivity index (χ4n) is 2.08. The van der Waals surface area contributed by atoms with Crippen molar-refractivity contribution in [1.82, 2.24) is 0 Å². The third-order valence-corrected chi connectivity index (χ3v) is 2.95. The normalized spacial score (nSPS) is 15.6. The number of methoxy groups -OCH3 is 1. The molecule has 0 radical (unpaired) electrons. The maximum absolute atomic E-state index is 5.64. The Labute approximate surface area is 91.4 Å². The molecular weight excluding hydrogens is 186 g/mol. The summed E-state index contributed by atoms with van der Waals surface area (Å²) < 4.78 is 5.15. The van der Waals surface area contributed by atoms with Crippen molar-refractivity contribution < 1.29 is 4.74 Å². The topological polar surface area (TPSA) is 35.2 Å². The molecule has 0 spiro atoms. The van der Waals surface area contributed by atoms with Crippen molar-refractivity contribution in [2.24, 2.45) is 5.73 Å². The van der Waals surface area contributed by atoms with E-state index in [-0.39, 0.29) is 0 Å². The van der Waals surface area contributed by atoms with E-state index in [0.29, 0.717) is 6.61 Å². The van der Waals surface area contributed by atoms with Crippen LogP contribution in [0.15, 0.2) is 18.2 Å².